The van der Waals surface area contributed by atoms with Crippen LogP contribution in [0.4, 0.5) is 10.2 Å². The molecule has 2 atom stereocenters. The second-order valence-corrected chi connectivity index (χ2v) is 8.69. The van der Waals surface area contributed by atoms with Crippen LogP contribution < -0.4 is 10.6 Å². The minimum atomic E-state index is -1.25. The zero-order chi connectivity index (χ0) is 24.5. The van der Waals surface area contributed by atoms with Crippen molar-refractivity contribution in [1.82, 2.24) is 15.3 Å². The van der Waals surface area contributed by atoms with Gasteiger partial charge in [-0.3, -0.25) is 14.6 Å². The number of amides is 2. The fourth-order valence-electron chi connectivity index (χ4n) is 3.65. The first-order valence-electron chi connectivity index (χ1n) is 11.2. The number of hydrogen-bond donors (Lipinski definition) is 2. The molecule has 3 heterocycles. The molecule has 0 saturated heterocycles. The van der Waals surface area contributed by atoms with Crippen LogP contribution in [0.25, 0.3) is 0 Å². The SMILES string of the molecule is C[C@H](CCc1ccc2c(n1)NCCC2)COCC[C@H](NC(=O)c1c(F)cncc1Cl)C(=O)N=O. The number of pyridine rings is 2. The van der Waals surface area contributed by atoms with Crippen LogP contribution in [0.15, 0.2) is 29.7 Å². The van der Waals surface area contributed by atoms with E-state index in [1.807, 2.05) is 6.92 Å². The maximum absolute atomic E-state index is 13.9. The van der Waals surface area contributed by atoms with Gasteiger partial charge in [0.05, 0.1) is 16.8 Å². The summed E-state index contributed by atoms with van der Waals surface area (Å²) in [5, 5.41) is 7.80. The molecule has 1 aliphatic rings. The lowest BCUT2D eigenvalue weighted by molar-refractivity contribution is -0.120. The molecule has 1 aliphatic heterocycles. The van der Waals surface area contributed by atoms with Crippen molar-refractivity contribution in [2.24, 2.45) is 11.1 Å². The number of fused-ring (bicyclic) bond motifs is 1. The van der Waals surface area contributed by atoms with Crippen molar-refractivity contribution in [2.45, 2.75) is 45.1 Å². The molecule has 0 saturated carbocycles. The van der Waals surface area contributed by atoms with E-state index in [4.69, 9.17) is 16.3 Å². The van der Waals surface area contributed by atoms with Crippen molar-refractivity contribution < 1.29 is 18.7 Å². The number of anilines is 1. The van der Waals surface area contributed by atoms with Gasteiger partial charge in [0.25, 0.3) is 5.91 Å². The van der Waals surface area contributed by atoms with Gasteiger partial charge < -0.3 is 15.4 Å². The fourth-order valence-corrected chi connectivity index (χ4v) is 3.88. The highest BCUT2D eigenvalue weighted by Gasteiger charge is 2.25. The molecule has 2 aromatic heterocycles. The Labute approximate surface area is 201 Å². The topological polar surface area (TPSA) is 123 Å². The molecule has 0 aliphatic carbocycles. The number of carbonyl (C=O) groups is 2. The van der Waals surface area contributed by atoms with Crippen molar-refractivity contribution in [3.05, 3.63) is 57.1 Å². The van der Waals surface area contributed by atoms with Crippen LogP contribution >= 0.6 is 11.6 Å². The Morgan fingerprint density at radius 1 is 1.32 bits per heavy atom. The van der Waals surface area contributed by atoms with Gasteiger partial charge in [0.15, 0.2) is 5.82 Å². The van der Waals surface area contributed by atoms with Crippen molar-refractivity contribution >= 4 is 29.2 Å². The van der Waals surface area contributed by atoms with Gasteiger partial charge in [0.2, 0.25) is 0 Å². The van der Waals surface area contributed by atoms with Gasteiger partial charge in [-0.15, -0.1) is 4.91 Å². The van der Waals surface area contributed by atoms with E-state index in [1.165, 1.54) is 5.56 Å². The third-order valence-electron chi connectivity index (χ3n) is 5.57. The van der Waals surface area contributed by atoms with Gasteiger partial charge >= 0.3 is 5.91 Å². The summed E-state index contributed by atoms with van der Waals surface area (Å²) in [5.74, 6) is -1.76. The number of nitrogens with one attached hydrogen (secondary N) is 2. The molecule has 0 bridgehead atoms. The number of halogens is 2. The van der Waals surface area contributed by atoms with Crippen LogP contribution in [0.5, 0.6) is 0 Å². The molecule has 3 rings (SSSR count). The summed E-state index contributed by atoms with van der Waals surface area (Å²) in [6, 6.07) is 2.93. The first-order valence-corrected chi connectivity index (χ1v) is 11.5. The van der Waals surface area contributed by atoms with Crippen molar-refractivity contribution in [1.29, 1.82) is 0 Å². The van der Waals surface area contributed by atoms with Crippen molar-refractivity contribution in [3.63, 3.8) is 0 Å². The van der Waals surface area contributed by atoms with E-state index in [9.17, 15) is 18.9 Å². The number of nitroso groups, excluding NO2 is 1. The molecule has 2 aromatic rings. The minimum Gasteiger partial charge on any atom is -0.381 e. The molecule has 0 fully saturated rings. The monoisotopic (exact) mass is 491 g/mol. The van der Waals surface area contributed by atoms with Crippen LogP contribution in [-0.4, -0.2) is 47.6 Å². The highest BCUT2D eigenvalue weighted by atomic mass is 35.5. The number of ether oxygens (including phenoxy) is 1. The molecule has 0 radical (unpaired) electrons. The van der Waals surface area contributed by atoms with Gasteiger partial charge in [0.1, 0.15) is 11.9 Å². The average molecular weight is 492 g/mol. The second-order valence-electron chi connectivity index (χ2n) is 8.28. The lowest BCUT2D eigenvalue weighted by Crippen LogP contribution is -2.41. The molecule has 0 aromatic carbocycles. The van der Waals surface area contributed by atoms with Crippen LogP contribution in [0.2, 0.25) is 5.02 Å². The minimum absolute atomic E-state index is 0.00536. The van der Waals surface area contributed by atoms with Gasteiger partial charge in [-0.25, -0.2) is 9.37 Å². The Hall–Kier alpha value is -2.98. The van der Waals surface area contributed by atoms with E-state index >= 15 is 0 Å². The van der Waals surface area contributed by atoms with E-state index in [1.54, 1.807) is 0 Å². The van der Waals surface area contributed by atoms with E-state index in [-0.39, 0.29) is 24.0 Å². The Bertz CT molecular complexity index is 1020. The number of aryl methyl sites for hydroxylation is 2. The molecule has 2 amide bonds. The Balaban J connectivity index is 1.44. The summed E-state index contributed by atoms with van der Waals surface area (Å²) < 4.78 is 19.5. The summed E-state index contributed by atoms with van der Waals surface area (Å²) in [6.07, 6.45) is 5.78. The number of aromatic nitrogens is 2. The number of carbonyl (C=O) groups excluding carboxylic acids is 2. The third kappa shape index (κ3) is 7.01. The molecular formula is C23H27ClFN5O4. The second kappa shape index (κ2) is 12.5. The largest absolute Gasteiger partial charge is 0.381 e. The highest BCUT2D eigenvalue weighted by molar-refractivity contribution is 6.33. The smallest absolute Gasteiger partial charge is 0.308 e. The van der Waals surface area contributed by atoms with Crippen molar-refractivity contribution in [3.8, 4) is 0 Å². The summed E-state index contributed by atoms with van der Waals surface area (Å²) in [7, 11) is 0. The maximum Gasteiger partial charge on any atom is 0.308 e. The summed E-state index contributed by atoms with van der Waals surface area (Å²) in [5.41, 5.74) is 1.81. The van der Waals surface area contributed by atoms with Crippen LogP contribution in [-0.2, 0) is 22.4 Å². The van der Waals surface area contributed by atoms with E-state index in [0.717, 1.165) is 56.1 Å². The van der Waals surface area contributed by atoms with E-state index < -0.39 is 29.2 Å². The molecule has 0 spiro atoms. The van der Waals surface area contributed by atoms with Gasteiger partial charge in [-0.1, -0.05) is 24.6 Å². The van der Waals surface area contributed by atoms with Gasteiger partial charge in [-0.05, 0) is 43.2 Å². The van der Waals surface area contributed by atoms with Crippen LogP contribution in [0, 0.1) is 16.6 Å². The summed E-state index contributed by atoms with van der Waals surface area (Å²) in [4.78, 5) is 43.2. The Morgan fingerprint density at radius 3 is 2.91 bits per heavy atom. The standard InChI is InChI=1S/C23H27ClFN5O4/c1-14(4-6-16-7-5-15-3-2-9-27-21(15)28-16)13-34-10-8-19(22(31)30-33)29-23(32)20-17(24)11-26-12-18(20)25/h5,7,11-12,14,19H,2-4,6,8-10,13H2,1H3,(H,27,28)(H,29,32)/t14-,19+/m1/s1. The molecule has 0 unspecified atom stereocenters. The highest BCUT2D eigenvalue weighted by Crippen LogP contribution is 2.21. The molecule has 182 valence electrons. The Kier molecular flexibility index (Phi) is 9.41. The first-order chi connectivity index (χ1) is 16.4. The van der Waals surface area contributed by atoms with Gasteiger partial charge in [0, 0.05) is 43.2 Å². The van der Waals surface area contributed by atoms with Crippen LogP contribution in [0.3, 0.4) is 0 Å². The lowest BCUT2D eigenvalue weighted by Gasteiger charge is -2.18. The number of hydrogen-bond acceptors (Lipinski definition) is 7. The summed E-state index contributed by atoms with van der Waals surface area (Å²) in [6.45, 7) is 3.52. The zero-order valence-corrected chi connectivity index (χ0v) is 19.6. The summed E-state index contributed by atoms with van der Waals surface area (Å²) >= 11 is 5.83. The first kappa shape index (κ1) is 25.6. The normalized spacial score (nSPS) is 14.4. The van der Waals surface area contributed by atoms with Crippen molar-refractivity contribution in [2.75, 3.05) is 25.1 Å². The molecule has 2 N–H and O–H groups in total. The molecule has 11 heteroatoms. The molecule has 9 nitrogen and oxygen atoms in total. The van der Waals surface area contributed by atoms with Crippen LogP contribution in [0.1, 0.15) is 47.8 Å². The quantitative estimate of drug-likeness (QED) is 0.363. The molecular weight excluding hydrogens is 465 g/mol. The molecule has 34 heavy (non-hydrogen) atoms. The number of rotatable bonds is 11. The number of nitrogens with zero attached hydrogens (tertiary/aromatic N) is 3. The average Bonchev–Trinajstić information content (AvgIpc) is 2.83. The predicted molar refractivity (Wildman–Crippen MR) is 125 cm³/mol. The zero-order valence-electron chi connectivity index (χ0n) is 18.9. The fraction of sp³-hybridized carbons (Fsp3) is 0.478. The Morgan fingerprint density at radius 2 is 2.15 bits per heavy atom. The maximum atomic E-state index is 13.9. The third-order valence-corrected chi connectivity index (χ3v) is 5.86. The van der Waals surface area contributed by atoms with E-state index in [2.05, 4.69) is 37.9 Å². The predicted octanol–water partition coefficient (Wildman–Crippen LogP) is 3.69. The lowest BCUT2D eigenvalue weighted by atomic mass is 10.0. The van der Waals surface area contributed by atoms with Gasteiger partial charge in [-0.2, -0.15) is 0 Å². The van der Waals surface area contributed by atoms with E-state index in [0.29, 0.717) is 6.61 Å².